The molecule has 0 bridgehead atoms. The Balaban J connectivity index is 2.20. The SMILES string of the molecule is CC(O)(Cc1ccc(F)cc1)c1ccc(I)cc1. The predicted molar refractivity (Wildman–Crippen MR) is 78.8 cm³/mol. The van der Waals surface area contributed by atoms with E-state index >= 15 is 0 Å². The van der Waals surface area contributed by atoms with Gasteiger partial charge in [0.1, 0.15) is 5.82 Å². The molecule has 0 aromatic heterocycles. The summed E-state index contributed by atoms with van der Waals surface area (Å²) < 4.78 is 14.0. The highest BCUT2D eigenvalue weighted by molar-refractivity contribution is 14.1. The summed E-state index contributed by atoms with van der Waals surface area (Å²) >= 11 is 2.23. The maximum atomic E-state index is 12.8. The van der Waals surface area contributed by atoms with E-state index in [0.717, 1.165) is 14.7 Å². The van der Waals surface area contributed by atoms with Gasteiger partial charge in [0, 0.05) is 9.99 Å². The van der Waals surface area contributed by atoms with E-state index in [1.54, 1.807) is 19.1 Å². The van der Waals surface area contributed by atoms with Crippen LogP contribution in [0, 0.1) is 9.39 Å². The molecule has 18 heavy (non-hydrogen) atoms. The molecule has 1 N–H and O–H groups in total. The molecule has 0 heterocycles. The maximum Gasteiger partial charge on any atom is 0.123 e. The third kappa shape index (κ3) is 3.29. The number of rotatable bonds is 3. The van der Waals surface area contributed by atoms with Gasteiger partial charge in [0.05, 0.1) is 5.60 Å². The van der Waals surface area contributed by atoms with Gasteiger partial charge >= 0.3 is 0 Å². The number of hydrogen-bond acceptors (Lipinski definition) is 1. The van der Waals surface area contributed by atoms with Crippen LogP contribution in [0.1, 0.15) is 18.1 Å². The van der Waals surface area contributed by atoms with Crippen LogP contribution in [-0.2, 0) is 12.0 Å². The van der Waals surface area contributed by atoms with Crippen molar-refractivity contribution in [2.75, 3.05) is 0 Å². The minimum Gasteiger partial charge on any atom is -0.385 e. The second kappa shape index (κ2) is 5.36. The lowest BCUT2D eigenvalue weighted by atomic mass is 9.89. The van der Waals surface area contributed by atoms with Gasteiger partial charge in [-0.2, -0.15) is 0 Å². The van der Waals surface area contributed by atoms with Crippen LogP contribution in [0.25, 0.3) is 0 Å². The van der Waals surface area contributed by atoms with Crippen molar-refractivity contribution >= 4 is 22.6 Å². The number of halogens is 2. The molecular formula is C15H14FIO. The zero-order valence-electron chi connectivity index (χ0n) is 10.0. The normalized spacial score (nSPS) is 14.2. The minimum absolute atomic E-state index is 0.257. The van der Waals surface area contributed by atoms with Crippen LogP contribution in [0.3, 0.4) is 0 Å². The quantitative estimate of drug-likeness (QED) is 0.828. The molecule has 0 aliphatic rings. The van der Waals surface area contributed by atoms with Crippen molar-refractivity contribution in [1.82, 2.24) is 0 Å². The summed E-state index contributed by atoms with van der Waals surface area (Å²) in [7, 11) is 0. The van der Waals surface area contributed by atoms with Gasteiger partial charge in [-0.1, -0.05) is 24.3 Å². The van der Waals surface area contributed by atoms with Crippen molar-refractivity contribution in [2.45, 2.75) is 18.9 Å². The predicted octanol–water partition coefficient (Wildman–Crippen LogP) is 3.88. The van der Waals surface area contributed by atoms with Gasteiger partial charge in [-0.05, 0) is 64.9 Å². The van der Waals surface area contributed by atoms with Gasteiger partial charge < -0.3 is 5.11 Å². The topological polar surface area (TPSA) is 20.2 Å². The molecule has 1 nitrogen and oxygen atoms in total. The van der Waals surface area contributed by atoms with Gasteiger partial charge in [0.25, 0.3) is 0 Å². The molecule has 94 valence electrons. The van der Waals surface area contributed by atoms with E-state index in [-0.39, 0.29) is 5.82 Å². The summed E-state index contributed by atoms with van der Waals surface area (Å²) in [5.41, 5.74) is 0.842. The van der Waals surface area contributed by atoms with Crippen LogP contribution >= 0.6 is 22.6 Å². The van der Waals surface area contributed by atoms with E-state index in [9.17, 15) is 9.50 Å². The van der Waals surface area contributed by atoms with Crippen LogP contribution in [0.4, 0.5) is 4.39 Å². The summed E-state index contributed by atoms with van der Waals surface area (Å²) in [6, 6.07) is 14.0. The second-order valence-electron chi connectivity index (χ2n) is 4.58. The first-order valence-corrected chi connectivity index (χ1v) is 6.78. The molecule has 0 aliphatic heterocycles. The van der Waals surface area contributed by atoms with Crippen LogP contribution in [0.2, 0.25) is 0 Å². The Morgan fingerprint density at radius 3 is 2.17 bits per heavy atom. The lowest BCUT2D eigenvalue weighted by Crippen LogP contribution is -2.24. The van der Waals surface area contributed by atoms with Gasteiger partial charge in [-0.15, -0.1) is 0 Å². The summed E-state index contributed by atoms with van der Waals surface area (Å²) in [5, 5.41) is 10.5. The first kappa shape index (κ1) is 13.5. The molecule has 2 rings (SSSR count). The molecule has 0 saturated carbocycles. The van der Waals surface area contributed by atoms with E-state index in [0.29, 0.717) is 6.42 Å². The second-order valence-corrected chi connectivity index (χ2v) is 5.83. The molecule has 1 unspecified atom stereocenters. The fourth-order valence-electron chi connectivity index (χ4n) is 1.91. The van der Waals surface area contributed by atoms with Crippen molar-refractivity contribution in [3.05, 3.63) is 69.0 Å². The Labute approximate surface area is 120 Å². The molecule has 2 aromatic rings. The number of benzene rings is 2. The van der Waals surface area contributed by atoms with Gasteiger partial charge in [0.2, 0.25) is 0 Å². The van der Waals surface area contributed by atoms with Gasteiger partial charge in [0.15, 0.2) is 0 Å². The third-order valence-electron chi connectivity index (χ3n) is 2.93. The van der Waals surface area contributed by atoms with E-state index in [4.69, 9.17) is 0 Å². The molecule has 0 saturated heterocycles. The number of hydrogen-bond donors (Lipinski definition) is 1. The molecule has 0 spiro atoms. The Morgan fingerprint density at radius 1 is 1.06 bits per heavy atom. The molecule has 0 amide bonds. The van der Waals surface area contributed by atoms with Crippen molar-refractivity contribution in [1.29, 1.82) is 0 Å². The molecule has 0 radical (unpaired) electrons. The van der Waals surface area contributed by atoms with Crippen molar-refractivity contribution < 1.29 is 9.50 Å². The van der Waals surface area contributed by atoms with Crippen LogP contribution in [0.15, 0.2) is 48.5 Å². The van der Waals surface area contributed by atoms with E-state index in [1.807, 2.05) is 24.3 Å². The summed E-state index contributed by atoms with van der Waals surface area (Å²) in [5.74, 6) is -0.257. The largest absolute Gasteiger partial charge is 0.385 e. The minimum atomic E-state index is -0.942. The number of aliphatic hydroxyl groups is 1. The Kier molecular flexibility index (Phi) is 4.02. The molecule has 3 heteroatoms. The Morgan fingerprint density at radius 2 is 1.61 bits per heavy atom. The van der Waals surface area contributed by atoms with Crippen molar-refractivity contribution in [3.8, 4) is 0 Å². The fourth-order valence-corrected chi connectivity index (χ4v) is 2.27. The smallest absolute Gasteiger partial charge is 0.123 e. The van der Waals surface area contributed by atoms with E-state index in [1.165, 1.54) is 12.1 Å². The van der Waals surface area contributed by atoms with Crippen molar-refractivity contribution in [2.24, 2.45) is 0 Å². The molecule has 0 aliphatic carbocycles. The summed E-state index contributed by atoms with van der Waals surface area (Å²) in [4.78, 5) is 0. The molecule has 2 aromatic carbocycles. The van der Waals surface area contributed by atoms with Crippen LogP contribution in [0.5, 0.6) is 0 Å². The van der Waals surface area contributed by atoms with Gasteiger partial charge in [-0.3, -0.25) is 0 Å². The summed E-state index contributed by atoms with van der Waals surface area (Å²) in [6.45, 7) is 1.78. The Hall–Kier alpha value is -0.940. The fraction of sp³-hybridized carbons (Fsp3) is 0.200. The first-order chi connectivity index (χ1) is 8.47. The zero-order chi connectivity index (χ0) is 13.2. The van der Waals surface area contributed by atoms with E-state index < -0.39 is 5.60 Å². The Bertz CT molecular complexity index is 517. The van der Waals surface area contributed by atoms with E-state index in [2.05, 4.69) is 22.6 Å². The average molecular weight is 356 g/mol. The highest BCUT2D eigenvalue weighted by Crippen LogP contribution is 2.26. The zero-order valence-corrected chi connectivity index (χ0v) is 12.2. The van der Waals surface area contributed by atoms with Crippen LogP contribution < -0.4 is 0 Å². The van der Waals surface area contributed by atoms with Crippen molar-refractivity contribution in [3.63, 3.8) is 0 Å². The highest BCUT2D eigenvalue weighted by atomic mass is 127. The molecule has 0 fully saturated rings. The average Bonchev–Trinajstić information content (AvgIpc) is 2.32. The monoisotopic (exact) mass is 356 g/mol. The third-order valence-corrected chi connectivity index (χ3v) is 3.65. The lowest BCUT2D eigenvalue weighted by Gasteiger charge is -2.24. The highest BCUT2D eigenvalue weighted by Gasteiger charge is 2.23. The maximum absolute atomic E-state index is 12.8. The van der Waals surface area contributed by atoms with Crippen LogP contribution in [-0.4, -0.2) is 5.11 Å². The molecular weight excluding hydrogens is 342 g/mol. The van der Waals surface area contributed by atoms with Gasteiger partial charge in [-0.25, -0.2) is 4.39 Å². The lowest BCUT2D eigenvalue weighted by molar-refractivity contribution is 0.0576. The standard InChI is InChI=1S/C15H14FIO/c1-15(18,12-4-8-14(17)9-5-12)10-11-2-6-13(16)7-3-11/h2-9,18H,10H2,1H3. The summed E-state index contributed by atoms with van der Waals surface area (Å²) in [6.07, 6.45) is 0.466. The first-order valence-electron chi connectivity index (χ1n) is 5.70. The molecule has 1 atom stereocenters.